The highest BCUT2D eigenvalue weighted by Crippen LogP contribution is 2.07. The van der Waals surface area contributed by atoms with Crippen LogP contribution in [0.15, 0.2) is 12.2 Å². The van der Waals surface area contributed by atoms with Crippen molar-refractivity contribution in [3.05, 3.63) is 12.2 Å². The van der Waals surface area contributed by atoms with Crippen molar-refractivity contribution in [1.29, 1.82) is 0 Å². The van der Waals surface area contributed by atoms with Gasteiger partial charge < -0.3 is 9.16 Å². The molecule has 63 valence electrons. The Balaban J connectivity index is 3.45. The van der Waals surface area contributed by atoms with Crippen molar-refractivity contribution in [3.8, 4) is 0 Å². The number of ether oxygens (including phenoxy) is 1. The van der Waals surface area contributed by atoms with Crippen molar-refractivity contribution < 1.29 is 9.16 Å². The van der Waals surface area contributed by atoms with Gasteiger partial charge in [-0.25, -0.2) is 0 Å². The van der Waals surface area contributed by atoms with Crippen molar-refractivity contribution in [2.45, 2.75) is 26.4 Å². The minimum absolute atomic E-state index is 0.271. The molecular formula is C8H15O2Si. The van der Waals surface area contributed by atoms with Crippen LogP contribution in [0.25, 0.3) is 0 Å². The van der Waals surface area contributed by atoms with Gasteiger partial charge in [0.05, 0.1) is 18.8 Å². The van der Waals surface area contributed by atoms with Crippen molar-refractivity contribution in [2.75, 3.05) is 13.2 Å². The van der Waals surface area contributed by atoms with E-state index in [0.717, 1.165) is 5.57 Å². The molecule has 11 heavy (non-hydrogen) atoms. The van der Waals surface area contributed by atoms with Crippen LogP contribution < -0.4 is 0 Å². The van der Waals surface area contributed by atoms with Crippen molar-refractivity contribution in [2.24, 2.45) is 0 Å². The van der Waals surface area contributed by atoms with E-state index in [1.165, 1.54) is 0 Å². The van der Waals surface area contributed by atoms with E-state index in [1.54, 1.807) is 0 Å². The minimum Gasteiger partial charge on any atom is -0.411 e. The lowest BCUT2D eigenvalue weighted by Crippen LogP contribution is -2.29. The highest BCUT2D eigenvalue weighted by atomic mass is 28.2. The Bertz CT molecular complexity index is 132. The van der Waals surface area contributed by atoms with E-state index in [2.05, 4.69) is 17.1 Å². The van der Waals surface area contributed by atoms with Gasteiger partial charge in [-0.2, -0.15) is 0 Å². The summed E-state index contributed by atoms with van der Waals surface area (Å²) in [5.41, 5.74) is 0.751. The third-order valence-corrected chi connectivity index (χ3v) is 1.63. The van der Waals surface area contributed by atoms with Gasteiger partial charge in [0.2, 0.25) is 10.5 Å². The van der Waals surface area contributed by atoms with E-state index in [1.807, 2.05) is 20.8 Å². The minimum atomic E-state index is -0.271. The van der Waals surface area contributed by atoms with Gasteiger partial charge >= 0.3 is 0 Å². The summed E-state index contributed by atoms with van der Waals surface area (Å²) in [6.45, 7) is 10.7. The van der Waals surface area contributed by atoms with Crippen molar-refractivity contribution in [3.63, 3.8) is 0 Å². The fourth-order valence-corrected chi connectivity index (χ4v) is 0.559. The average Bonchev–Trinajstić information content (AvgIpc) is 1.87. The topological polar surface area (TPSA) is 18.5 Å². The zero-order chi connectivity index (χ0) is 8.91. The molecule has 3 heteroatoms. The molecule has 2 nitrogen and oxygen atoms in total. The maximum Gasteiger partial charge on any atom is 0.247 e. The maximum absolute atomic E-state index is 5.30. The quantitative estimate of drug-likeness (QED) is 0.460. The first-order valence-corrected chi connectivity index (χ1v) is 3.95. The Morgan fingerprint density at radius 3 is 2.45 bits per heavy atom. The summed E-state index contributed by atoms with van der Waals surface area (Å²) in [7, 11) is 2.98. The smallest absolute Gasteiger partial charge is 0.247 e. The third kappa shape index (κ3) is 6.28. The molecule has 0 unspecified atom stereocenters. The van der Waals surface area contributed by atoms with Crippen LogP contribution in [0.1, 0.15) is 20.8 Å². The lowest BCUT2D eigenvalue weighted by atomic mass is 10.2. The second-order valence-corrected chi connectivity index (χ2v) is 3.52. The average molecular weight is 171 g/mol. The molecule has 0 spiro atoms. The summed E-state index contributed by atoms with van der Waals surface area (Å²) in [6.07, 6.45) is 0. The molecule has 0 aromatic rings. The van der Waals surface area contributed by atoms with Gasteiger partial charge in [0.1, 0.15) is 0 Å². The predicted octanol–water partition coefficient (Wildman–Crippen LogP) is 1.46. The van der Waals surface area contributed by atoms with Gasteiger partial charge in [0, 0.05) is 0 Å². The zero-order valence-corrected chi connectivity index (χ0v) is 8.44. The van der Waals surface area contributed by atoms with Crippen LogP contribution in [-0.2, 0) is 9.16 Å². The first-order valence-electron chi connectivity index (χ1n) is 3.55. The molecule has 0 rings (SSSR count). The van der Waals surface area contributed by atoms with Crippen LogP contribution in [-0.4, -0.2) is 29.3 Å². The molecule has 0 saturated heterocycles. The standard InChI is InChI=1S/C8H15O2Si/c1-7(2)5-9-6-8(3,4)10-11/h1,5-6H2,2-4H3. The van der Waals surface area contributed by atoms with Crippen LogP contribution in [0.3, 0.4) is 0 Å². The molecule has 0 aliphatic carbocycles. The number of hydrogen-bond acceptors (Lipinski definition) is 2. The van der Waals surface area contributed by atoms with E-state index in [4.69, 9.17) is 9.16 Å². The molecular weight excluding hydrogens is 156 g/mol. The molecule has 0 aliphatic rings. The van der Waals surface area contributed by atoms with Crippen molar-refractivity contribution >= 4 is 10.5 Å². The SMILES string of the molecule is C=C(C)COCC(C)(C)O[Si]. The van der Waals surface area contributed by atoms with Gasteiger partial charge in [-0.1, -0.05) is 12.2 Å². The monoisotopic (exact) mass is 171 g/mol. The molecule has 0 amide bonds. The van der Waals surface area contributed by atoms with E-state index in [9.17, 15) is 0 Å². The van der Waals surface area contributed by atoms with Crippen LogP contribution in [0.4, 0.5) is 0 Å². The fraction of sp³-hybridized carbons (Fsp3) is 0.750. The highest BCUT2D eigenvalue weighted by Gasteiger charge is 2.15. The largest absolute Gasteiger partial charge is 0.411 e. The number of rotatable bonds is 5. The fourth-order valence-electron chi connectivity index (χ4n) is 0.501. The highest BCUT2D eigenvalue weighted by molar-refractivity contribution is 5.98. The van der Waals surface area contributed by atoms with Gasteiger partial charge in [0.25, 0.3) is 0 Å². The van der Waals surface area contributed by atoms with E-state index in [-0.39, 0.29) is 5.60 Å². The van der Waals surface area contributed by atoms with Gasteiger partial charge in [-0.05, 0) is 20.8 Å². The Kier molecular flexibility index (Phi) is 4.64. The Labute approximate surface area is 72.1 Å². The van der Waals surface area contributed by atoms with Crippen LogP contribution >= 0.6 is 0 Å². The molecule has 0 aliphatic heterocycles. The van der Waals surface area contributed by atoms with Crippen LogP contribution in [0.5, 0.6) is 0 Å². The molecule has 0 saturated carbocycles. The van der Waals surface area contributed by atoms with Gasteiger partial charge in [0.15, 0.2) is 0 Å². The molecule has 0 aromatic heterocycles. The normalized spacial score (nSPS) is 11.6. The zero-order valence-electron chi connectivity index (χ0n) is 7.44. The summed E-state index contributed by atoms with van der Waals surface area (Å²) in [6, 6.07) is 0. The third-order valence-electron chi connectivity index (χ3n) is 1.07. The first kappa shape index (κ1) is 10.9. The Morgan fingerprint density at radius 1 is 1.55 bits per heavy atom. The molecule has 0 aromatic carbocycles. The molecule has 0 heterocycles. The molecule has 0 bridgehead atoms. The summed E-state index contributed by atoms with van der Waals surface area (Å²) < 4.78 is 10.3. The summed E-state index contributed by atoms with van der Waals surface area (Å²) in [4.78, 5) is 0. The Morgan fingerprint density at radius 2 is 2.09 bits per heavy atom. The maximum atomic E-state index is 5.30. The van der Waals surface area contributed by atoms with Gasteiger partial charge in [-0.15, -0.1) is 0 Å². The summed E-state index contributed by atoms with van der Waals surface area (Å²) >= 11 is 0. The van der Waals surface area contributed by atoms with E-state index in [0.29, 0.717) is 13.2 Å². The predicted molar refractivity (Wildman–Crippen MR) is 46.6 cm³/mol. The van der Waals surface area contributed by atoms with Crippen molar-refractivity contribution in [1.82, 2.24) is 0 Å². The first-order chi connectivity index (χ1) is 4.98. The molecule has 0 N–H and O–H groups in total. The summed E-state index contributed by atoms with van der Waals surface area (Å²) in [5.74, 6) is 0. The summed E-state index contributed by atoms with van der Waals surface area (Å²) in [5, 5.41) is 0. The molecule has 0 atom stereocenters. The second-order valence-electron chi connectivity index (χ2n) is 3.31. The Hall–Kier alpha value is -0.123. The van der Waals surface area contributed by atoms with Crippen LogP contribution in [0, 0.1) is 0 Å². The molecule has 0 fully saturated rings. The number of hydrogen-bond donors (Lipinski definition) is 0. The van der Waals surface area contributed by atoms with Gasteiger partial charge in [-0.3, -0.25) is 0 Å². The van der Waals surface area contributed by atoms with E-state index < -0.39 is 0 Å². The second kappa shape index (κ2) is 4.69. The molecule has 3 radical (unpaired) electrons. The van der Waals surface area contributed by atoms with E-state index >= 15 is 0 Å². The lowest BCUT2D eigenvalue weighted by Gasteiger charge is -2.22. The lowest BCUT2D eigenvalue weighted by molar-refractivity contribution is 0.00960. The van der Waals surface area contributed by atoms with Crippen LogP contribution in [0.2, 0.25) is 0 Å².